The Balaban J connectivity index is 2.24. The minimum Gasteiger partial charge on any atom is -0.465 e. The minimum absolute atomic E-state index is 0.290. The van der Waals surface area contributed by atoms with Gasteiger partial charge in [-0.25, -0.2) is 13.2 Å². The number of nitrogens with one attached hydrogen (secondary N) is 1. The standard InChI is InChI=1S/C20H24N2O5S/c1-5-15-7-10-17(11-8-15)22(28(4,25)26)13-19(23)21-18-12-16(20(24)27-3)9-6-14(18)2/h6-12H,5,13H2,1-4H3,(H,21,23). The first kappa shape index (κ1) is 21.4. The first-order chi connectivity index (χ1) is 13.2. The lowest BCUT2D eigenvalue weighted by Gasteiger charge is -2.22. The van der Waals surface area contributed by atoms with Crippen LogP contribution in [0.1, 0.15) is 28.4 Å². The van der Waals surface area contributed by atoms with Crippen LogP contribution in [0.3, 0.4) is 0 Å². The van der Waals surface area contributed by atoms with Gasteiger partial charge in [0.2, 0.25) is 15.9 Å². The number of benzene rings is 2. The Bertz CT molecular complexity index is 969. The minimum atomic E-state index is -3.66. The number of carbonyl (C=O) groups is 2. The van der Waals surface area contributed by atoms with Crippen molar-refractivity contribution in [3.63, 3.8) is 0 Å². The van der Waals surface area contributed by atoms with Crippen LogP contribution in [0.15, 0.2) is 42.5 Å². The van der Waals surface area contributed by atoms with Gasteiger partial charge in [-0.05, 0) is 48.7 Å². The number of amides is 1. The summed E-state index contributed by atoms with van der Waals surface area (Å²) >= 11 is 0. The average molecular weight is 404 g/mol. The van der Waals surface area contributed by atoms with Crippen LogP contribution in [-0.4, -0.2) is 40.2 Å². The van der Waals surface area contributed by atoms with E-state index in [9.17, 15) is 18.0 Å². The van der Waals surface area contributed by atoms with Gasteiger partial charge in [-0.1, -0.05) is 25.1 Å². The van der Waals surface area contributed by atoms with E-state index in [1.54, 1.807) is 31.2 Å². The van der Waals surface area contributed by atoms with Crippen molar-refractivity contribution < 1.29 is 22.7 Å². The third-order valence-corrected chi connectivity index (χ3v) is 5.39. The summed E-state index contributed by atoms with van der Waals surface area (Å²) in [5.74, 6) is -1.04. The van der Waals surface area contributed by atoms with Gasteiger partial charge in [0.15, 0.2) is 0 Å². The Kier molecular flexibility index (Phi) is 6.80. The highest BCUT2D eigenvalue weighted by Gasteiger charge is 2.21. The molecule has 28 heavy (non-hydrogen) atoms. The normalized spacial score (nSPS) is 11.0. The third-order valence-electron chi connectivity index (χ3n) is 4.25. The summed E-state index contributed by atoms with van der Waals surface area (Å²) in [5, 5.41) is 2.67. The molecule has 0 bridgehead atoms. The molecule has 2 rings (SSSR count). The van der Waals surface area contributed by atoms with Crippen LogP contribution < -0.4 is 9.62 Å². The molecule has 0 fully saturated rings. The zero-order chi connectivity index (χ0) is 20.9. The van der Waals surface area contributed by atoms with Crippen molar-refractivity contribution in [1.29, 1.82) is 0 Å². The molecule has 1 amide bonds. The maximum Gasteiger partial charge on any atom is 0.337 e. The summed E-state index contributed by atoms with van der Waals surface area (Å²) in [4.78, 5) is 24.2. The zero-order valence-electron chi connectivity index (χ0n) is 16.4. The molecule has 0 unspecified atom stereocenters. The first-order valence-corrected chi connectivity index (χ1v) is 10.6. The van der Waals surface area contributed by atoms with E-state index in [0.717, 1.165) is 28.1 Å². The molecular formula is C20H24N2O5S. The molecule has 8 heteroatoms. The molecule has 7 nitrogen and oxygen atoms in total. The summed E-state index contributed by atoms with van der Waals surface area (Å²) in [6.45, 7) is 3.39. The predicted molar refractivity (Wildman–Crippen MR) is 109 cm³/mol. The zero-order valence-corrected chi connectivity index (χ0v) is 17.2. The molecule has 2 aromatic rings. The number of esters is 1. The van der Waals surface area contributed by atoms with Crippen molar-refractivity contribution in [1.82, 2.24) is 0 Å². The van der Waals surface area contributed by atoms with Gasteiger partial charge in [0.1, 0.15) is 6.54 Å². The van der Waals surface area contributed by atoms with Crippen LogP contribution in [0, 0.1) is 6.92 Å². The number of rotatable bonds is 7. The first-order valence-electron chi connectivity index (χ1n) is 8.71. The van der Waals surface area contributed by atoms with Crippen LogP contribution in [0.2, 0.25) is 0 Å². The summed E-state index contributed by atoms with van der Waals surface area (Å²) < 4.78 is 30.1. The number of methoxy groups -OCH3 is 1. The summed E-state index contributed by atoms with van der Waals surface area (Å²) in [5.41, 5.74) is 2.92. The van der Waals surface area contributed by atoms with Crippen LogP contribution in [0.5, 0.6) is 0 Å². The Labute approximate surface area is 165 Å². The van der Waals surface area contributed by atoms with Gasteiger partial charge in [0.05, 0.1) is 24.6 Å². The molecule has 150 valence electrons. The van der Waals surface area contributed by atoms with E-state index in [1.165, 1.54) is 13.2 Å². The largest absolute Gasteiger partial charge is 0.465 e. The number of nitrogens with zero attached hydrogens (tertiary/aromatic N) is 1. The predicted octanol–water partition coefficient (Wildman–Crippen LogP) is 2.75. The molecule has 0 spiro atoms. The van der Waals surface area contributed by atoms with E-state index in [2.05, 4.69) is 10.1 Å². The number of anilines is 2. The van der Waals surface area contributed by atoms with Crippen molar-refractivity contribution in [3.05, 3.63) is 59.2 Å². The van der Waals surface area contributed by atoms with Crippen LogP contribution in [0.4, 0.5) is 11.4 Å². The van der Waals surface area contributed by atoms with Gasteiger partial charge in [0.25, 0.3) is 0 Å². The molecule has 0 aromatic heterocycles. The van der Waals surface area contributed by atoms with Crippen molar-refractivity contribution >= 4 is 33.3 Å². The third kappa shape index (κ3) is 5.32. The maximum atomic E-state index is 12.5. The van der Waals surface area contributed by atoms with Gasteiger partial charge in [0, 0.05) is 5.69 Å². The van der Waals surface area contributed by atoms with Gasteiger partial charge < -0.3 is 10.1 Å². The Hall–Kier alpha value is -2.87. The lowest BCUT2D eigenvalue weighted by molar-refractivity contribution is -0.114. The molecule has 0 saturated heterocycles. The van der Waals surface area contributed by atoms with E-state index < -0.39 is 21.9 Å². The SMILES string of the molecule is CCc1ccc(N(CC(=O)Nc2cc(C(=O)OC)ccc2C)S(C)(=O)=O)cc1. The highest BCUT2D eigenvalue weighted by molar-refractivity contribution is 7.92. The molecular weight excluding hydrogens is 380 g/mol. The molecule has 0 aliphatic heterocycles. The monoisotopic (exact) mass is 404 g/mol. The Morgan fingerprint density at radius 2 is 1.75 bits per heavy atom. The fraction of sp³-hybridized carbons (Fsp3) is 0.300. The van der Waals surface area contributed by atoms with E-state index in [0.29, 0.717) is 16.9 Å². The van der Waals surface area contributed by atoms with Gasteiger partial charge in [-0.3, -0.25) is 9.10 Å². The highest BCUT2D eigenvalue weighted by Crippen LogP contribution is 2.20. The second-order valence-corrected chi connectivity index (χ2v) is 8.27. The molecule has 0 aliphatic rings. The fourth-order valence-electron chi connectivity index (χ4n) is 2.62. The molecule has 0 heterocycles. The fourth-order valence-corrected chi connectivity index (χ4v) is 3.48. The lowest BCUT2D eigenvalue weighted by Crippen LogP contribution is -2.37. The van der Waals surface area contributed by atoms with Gasteiger partial charge >= 0.3 is 5.97 Å². The Morgan fingerprint density at radius 1 is 1.11 bits per heavy atom. The number of aryl methyl sites for hydroxylation is 2. The molecule has 2 aromatic carbocycles. The van der Waals surface area contributed by atoms with Crippen molar-refractivity contribution in [2.75, 3.05) is 29.5 Å². The highest BCUT2D eigenvalue weighted by atomic mass is 32.2. The van der Waals surface area contributed by atoms with Gasteiger partial charge in [-0.2, -0.15) is 0 Å². The van der Waals surface area contributed by atoms with Gasteiger partial charge in [-0.15, -0.1) is 0 Å². The summed E-state index contributed by atoms with van der Waals surface area (Å²) in [6, 6.07) is 11.8. The number of hydrogen-bond acceptors (Lipinski definition) is 5. The van der Waals surface area contributed by atoms with Crippen molar-refractivity contribution in [3.8, 4) is 0 Å². The number of ether oxygens (including phenoxy) is 1. The van der Waals surface area contributed by atoms with Crippen molar-refractivity contribution in [2.45, 2.75) is 20.3 Å². The number of hydrogen-bond donors (Lipinski definition) is 1. The van der Waals surface area contributed by atoms with Crippen molar-refractivity contribution in [2.24, 2.45) is 0 Å². The number of carbonyl (C=O) groups excluding carboxylic acids is 2. The maximum absolute atomic E-state index is 12.5. The summed E-state index contributed by atoms with van der Waals surface area (Å²) in [7, 11) is -2.39. The smallest absolute Gasteiger partial charge is 0.337 e. The molecule has 0 aliphatic carbocycles. The second kappa shape index (κ2) is 8.88. The molecule has 0 atom stereocenters. The summed E-state index contributed by atoms with van der Waals surface area (Å²) in [6.07, 6.45) is 1.88. The van der Waals surface area contributed by atoms with Crippen LogP contribution in [-0.2, 0) is 26.0 Å². The van der Waals surface area contributed by atoms with E-state index in [4.69, 9.17) is 0 Å². The average Bonchev–Trinajstić information content (AvgIpc) is 2.66. The topological polar surface area (TPSA) is 92.8 Å². The van der Waals surface area contributed by atoms with E-state index >= 15 is 0 Å². The van der Waals surface area contributed by atoms with E-state index in [-0.39, 0.29) is 6.54 Å². The van der Waals surface area contributed by atoms with Crippen LogP contribution >= 0.6 is 0 Å². The lowest BCUT2D eigenvalue weighted by atomic mass is 10.1. The quantitative estimate of drug-likeness (QED) is 0.717. The Morgan fingerprint density at radius 3 is 2.29 bits per heavy atom. The molecule has 1 N–H and O–H groups in total. The molecule has 0 saturated carbocycles. The second-order valence-electron chi connectivity index (χ2n) is 6.36. The van der Waals surface area contributed by atoms with Crippen LogP contribution in [0.25, 0.3) is 0 Å². The number of sulfonamides is 1. The molecule has 0 radical (unpaired) electrons. The van der Waals surface area contributed by atoms with E-state index in [1.807, 2.05) is 19.1 Å².